The van der Waals surface area contributed by atoms with Crippen LogP contribution < -0.4 is 15.0 Å². The molecular formula is C20H24N6O. The zero-order valence-corrected chi connectivity index (χ0v) is 14.6. The van der Waals surface area contributed by atoms with Crippen LogP contribution in [-0.2, 0) is 0 Å². The molecule has 1 N–H and O–H groups in total. The highest BCUT2D eigenvalue weighted by Gasteiger charge is 2.15. The first-order valence-corrected chi connectivity index (χ1v) is 8.76. The highest BCUT2D eigenvalue weighted by Crippen LogP contribution is 2.31. The fraction of sp³-hybridized carbons (Fsp3) is 0.350. The number of pyridine rings is 2. The lowest BCUT2D eigenvalue weighted by atomic mass is 10.1. The molecule has 0 atom stereocenters. The summed E-state index contributed by atoms with van der Waals surface area (Å²) >= 11 is 0. The third-order valence-corrected chi connectivity index (χ3v) is 4.52. The normalized spacial score (nSPS) is 13.9. The van der Waals surface area contributed by atoms with Crippen LogP contribution in [0.15, 0.2) is 36.8 Å². The molecule has 1 aliphatic heterocycles. The Hall–Kier alpha value is -3.11. The number of nitrogens with zero attached hydrogens (tertiary/aromatic N) is 5. The molecule has 1 aliphatic rings. The lowest BCUT2D eigenvalue weighted by Gasteiger charge is -2.28. The van der Waals surface area contributed by atoms with Gasteiger partial charge in [0.05, 0.1) is 30.1 Å². The van der Waals surface area contributed by atoms with E-state index in [1.165, 1.54) is 0 Å². The van der Waals surface area contributed by atoms with E-state index in [-0.39, 0.29) is 7.43 Å². The second-order valence-electron chi connectivity index (χ2n) is 6.13. The van der Waals surface area contributed by atoms with E-state index in [1.807, 2.05) is 31.3 Å². The van der Waals surface area contributed by atoms with Gasteiger partial charge >= 0.3 is 0 Å². The summed E-state index contributed by atoms with van der Waals surface area (Å²) in [6.07, 6.45) is 5.24. The summed E-state index contributed by atoms with van der Waals surface area (Å²) in [5.41, 5.74) is 3.14. The van der Waals surface area contributed by atoms with Crippen molar-refractivity contribution in [3.8, 4) is 22.9 Å². The Morgan fingerprint density at radius 3 is 2.74 bits per heavy atom. The third-order valence-electron chi connectivity index (χ3n) is 4.52. The summed E-state index contributed by atoms with van der Waals surface area (Å²) in [7, 11) is 0. The molecular weight excluding hydrogens is 340 g/mol. The Kier molecular flexibility index (Phi) is 5.57. The molecule has 3 aromatic rings. The molecule has 140 valence electrons. The lowest BCUT2D eigenvalue weighted by molar-refractivity contribution is 0.338. The second kappa shape index (κ2) is 8.06. The van der Waals surface area contributed by atoms with E-state index >= 15 is 0 Å². The van der Waals surface area contributed by atoms with E-state index in [9.17, 15) is 5.26 Å². The number of ether oxygens (including phenoxy) is 1. The molecule has 0 saturated carbocycles. The monoisotopic (exact) mass is 364 g/mol. The van der Waals surface area contributed by atoms with E-state index < -0.39 is 0 Å². The first-order chi connectivity index (χ1) is 12.8. The molecule has 7 heteroatoms. The predicted octanol–water partition coefficient (Wildman–Crippen LogP) is 2.71. The molecule has 0 bridgehead atoms. The van der Waals surface area contributed by atoms with Crippen molar-refractivity contribution >= 4 is 11.3 Å². The summed E-state index contributed by atoms with van der Waals surface area (Å²) in [5.74, 6) is 1.69. The van der Waals surface area contributed by atoms with Gasteiger partial charge in [-0.1, -0.05) is 7.43 Å². The quantitative estimate of drug-likeness (QED) is 0.767. The molecule has 7 nitrogen and oxygen atoms in total. The van der Waals surface area contributed by atoms with Crippen molar-refractivity contribution in [1.29, 1.82) is 5.26 Å². The maximum atomic E-state index is 9.42. The van der Waals surface area contributed by atoms with E-state index in [0.717, 1.165) is 48.6 Å². The Labute approximate surface area is 159 Å². The van der Waals surface area contributed by atoms with Crippen LogP contribution in [-0.4, -0.2) is 47.4 Å². The van der Waals surface area contributed by atoms with Crippen LogP contribution in [0.1, 0.15) is 19.9 Å². The molecule has 0 amide bonds. The summed E-state index contributed by atoms with van der Waals surface area (Å²) in [4.78, 5) is 6.92. The molecule has 0 radical (unpaired) electrons. The number of nitriles is 1. The summed E-state index contributed by atoms with van der Waals surface area (Å²) in [6, 6.07) is 8.24. The van der Waals surface area contributed by atoms with Gasteiger partial charge in [0.2, 0.25) is 0 Å². The van der Waals surface area contributed by atoms with E-state index in [1.54, 1.807) is 16.9 Å². The van der Waals surface area contributed by atoms with E-state index in [2.05, 4.69) is 26.4 Å². The van der Waals surface area contributed by atoms with Crippen molar-refractivity contribution < 1.29 is 4.74 Å². The zero-order valence-electron chi connectivity index (χ0n) is 14.6. The molecule has 0 spiro atoms. The minimum Gasteiger partial charge on any atom is -0.492 e. The number of aromatic nitrogens is 3. The van der Waals surface area contributed by atoms with Crippen LogP contribution in [0.25, 0.3) is 16.6 Å². The second-order valence-corrected chi connectivity index (χ2v) is 6.13. The zero-order chi connectivity index (χ0) is 17.9. The number of hydrogen-bond acceptors (Lipinski definition) is 6. The maximum absolute atomic E-state index is 9.42. The number of hydrogen-bond donors (Lipinski definition) is 1. The average Bonchev–Trinajstić information content (AvgIpc) is 3.11. The smallest absolute Gasteiger partial charge is 0.138 e. The van der Waals surface area contributed by atoms with E-state index in [4.69, 9.17) is 4.74 Å². The van der Waals surface area contributed by atoms with Gasteiger partial charge in [-0.05, 0) is 25.1 Å². The van der Waals surface area contributed by atoms with Crippen molar-refractivity contribution in [3.63, 3.8) is 0 Å². The van der Waals surface area contributed by atoms with Gasteiger partial charge in [-0.2, -0.15) is 10.4 Å². The van der Waals surface area contributed by atoms with Crippen LogP contribution in [0, 0.1) is 11.3 Å². The van der Waals surface area contributed by atoms with Crippen molar-refractivity contribution in [2.45, 2.75) is 14.4 Å². The van der Waals surface area contributed by atoms with Crippen molar-refractivity contribution in [1.82, 2.24) is 19.9 Å². The van der Waals surface area contributed by atoms with Gasteiger partial charge in [0.15, 0.2) is 0 Å². The average molecular weight is 364 g/mol. The fourth-order valence-corrected chi connectivity index (χ4v) is 3.27. The fourth-order valence-electron chi connectivity index (χ4n) is 3.27. The third kappa shape index (κ3) is 3.57. The SMILES string of the molecule is C.CCOc1cc(-c2ccc(N3CCNCC3)nc2)c2c(C#N)cnn2c1. The first kappa shape index (κ1) is 18.7. The minimum absolute atomic E-state index is 0. The van der Waals surface area contributed by atoms with Gasteiger partial charge in [-0.25, -0.2) is 9.50 Å². The minimum atomic E-state index is 0. The molecule has 0 aliphatic carbocycles. The number of rotatable bonds is 4. The molecule has 4 heterocycles. The number of anilines is 1. The predicted molar refractivity (Wildman–Crippen MR) is 106 cm³/mol. The Balaban J connectivity index is 0.00000210. The van der Waals surface area contributed by atoms with Gasteiger partial charge in [-0.3, -0.25) is 0 Å². The Morgan fingerprint density at radius 2 is 2.07 bits per heavy atom. The highest BCUT2D eigenvalue weighted by atomic mass is 16.5. The number of nitrogens with one attached hydrogen (secondary N) is 1. The Bertz CT molecular complexity index is 951. The van der Waals surface area contributed by atoms with Gasteiger partial charge < -0.3 is 15.0 Å². The number of fused-ring (bicyclic) bond motifs is 1. The largest absolute Gasteiger partial charge is 0.492 e. The van der Waals surface area contributed by atoms with Crippen LogP contribution >= 0.6 is 0 Å². The molecule has 3 aromatic heterocycles. The van der Waals surface area contributed by atoms with Crippen LogP contribution in [0.4, 0.5) is 5.82 Å². The first-order valence-electron chi connectivity index (χ1n) is 8.76. The molecule has 1 fully saturated rings. The molecule has 0 aromatic carbocycles. The lowest BCUT2D eigenvalue weighted by Crippen LogP contribution is -2.43. The molecule has 4 rings (SSSR count). The van der Waals surface area contributed by atoms with Gasteiger partial charge in [0.25, 0.3) is 0 Å². The van der Waals surface area contributed by atoms with Gasteiger partial charge in [-0.15, -0.1) is 0 Å². The molecule has 1 saturated heterocycles. The van der Waals surface area contributed by atoms with Crippen molar-refractivity contribution in [2.75, 3.05) is 37.7 Å². The van der Waals surface area contributed by atoms with E-state index in [0.29, 0.717) is 17.9 Å². The number of piperazine rings is 1. The van der Waals surface area contributed by atoms with Gasteiger partial charge in [0, 0.05) is 43.5 Å². The van der Waals surface area contributed by atoms with Crippen molar-refractivity contribution in [2.24, 2.45) is 0 Å². The van der Waals surface area contributed by atoms with Crippen LogP contribution in [0.5, 0.6) is 5.75 Å². The summed E-state index contributed by atoms with van der Waals surface area (Å²) in [6.45, 7) is 6.37. The molecule has 0 unspecified atom stereocenters. The van der Waals surface area contributed by atoms with Crippen LogP contribution in [0.2, 0.25) is 0 Å². The summed E-state index contributed by atoms with van der Waals surface area (Å²) < 4.78 is 7.36. The van der Waals surface area contributed by atoms with Crippen molar-refractivity contribution in [3.05, 3.63) is 42.4 Å². The summed E-state index contributed by atoms with van der Waals surface area (Å²) in [5, 5.41) is 17.1. The maximum Gasteiger partial charge on any atom is 0.138 e. The molecule has 27 heavy (non-hydrogen) atoms. The topological polar surface area (TPSA) is 78.5 Å². The van der Waals surface area contributed by atoms with Crippen LogP contribution in [0.3, 0.4) is 0 Å². The van der Waals surface area contributed by atoms with Gasteiger partial charge in [0.1, 0.15) is 17.6 Å². The Morgan fingerprint density at radius 1 is 1.26 bits per heavy atom. The highest BCUT2D eigenvalue weighted by molar-refractivity contribution is 5.85. The standard InChI is InChI=1S/C19H20N6O.CH4/c1-2-26-16-9-17(19-15(10-20)12-23-25(19)13-16)14-3-4-18(22-11-14)24-7-5-21-6-8-24;/h3-4,9,11-13,21H,2,5-8H2,1H3;1H4.